The van der Waals surface area contributed by atoms with Crippen molar-refractivity contribution in [1.82, 2.24) is 4.90 Å². The SMILES string of the molecule is CN(Cc1ccc2c(c1)OCCO2)C(=O)c1ccccc1SCC(=O)N1CCc2ccccc21. The fourth-order valence-corrected chi connectivity index (χ4v) is 5.24. The Hall–Kier alpha value is -3.45. The number of ether oxygens (including phenoxy) is 2. The second-order valence-corrected chi connectivity index (χ2v) is 9.37. The molecule has 2 heterocycles. The lowest BCUT2D eigenvalue weighted by Crippen LogP contribution is -2.30. The van der Waals surface area contributed by atoms with Gasteiger partial charge in [0.15, 0.2) is 11.5 Å². The van der Waals surface area contributed by atoms with Crippen molar-refractivity contribution >= 4 is 29.3 Å². The van der Waals surface area contributed by atoms with E-state index in [-0.39, 0.29) is 17.6 Å². The summed E-state index contributed by atoms with van der Waals surface area (Å²) in [5, 5.41) is 0. The second-order valence-electron chi connectivity index (χ2n) is 8.35. The van der Waals surface area contributed by atoms with Gasteiger partial charge in [-0.15, -0.1) is 11.8 Å². The van der Waals surface area contributed by atoms with E-state index in [9.17, 15) is 9.59 Å². The molecule has 0 bridgehead atoms. The van der Waals surface area contributed by atoms with Gasteiger partial charge in [0.05, 0.1) is 11.3 Å². The van der Waals surface area contributed by atoms with Gasteiger partial charge in [-0.25, -0.2) is 0 Å². The number of para-hydroxylation sites is 1. The molecule has 3 aromatic rings. The van der Waals surface area contributed by atoms with Crippen molar-refractivity contribution < 1.29 is 19.1 Å². The maximum Gasteiger partial charge on any atom is 0.255 e. The molecule has 3 aromatic carbocycles. The van der Waals surface area contributed by atoms with Crippen molar-refractivity contribution in [2.45, 2.75) is 17.9 Å². The van der Waals surface area contributed by atoms with Crippen LogP contribution < -0.4 is 14.4 Å². The van der Waals surface area contributed by atoms with E-state index in [2.05, 4.69) is 6.07 Å². The van der Waals surface area contributed by atoms with Crippen molar-refractivity contribution in [2.75, 3.05) is 37.5 Å². The number of hydrogen-bond acceptors (Lipinski definition) is 5. The molecule has 0 N–H and O–H groups in total. The Bertz CT molecular complexity index is 1230. The average Bonchev–Trinajstić information content (AvgIpc) is 3.31. The van der Waals surface area contributed by atoms with Crippen molar-refractivity contribution in [3.63, 3.8) is 0 Å². The molecular weight excluding hydrogens is 448 g/mol. The van der Waals surface area contributed by atoms with Crippen LogP contribution >= 0.6 is 11.8 Å². The van der Waals surface area contributed by atoms with Gasteiger partial charge in [0.1, 0.15) is 13.2 Å². The van der Waals surface area contributed by atoms with Crippen molar-refractivity contribution in [3.8, 4) is 11.5 Å². The van der Waals surface area contributed by atoms with Crippen LogP contribution in [0.2, 0.25) is 0 Å². The number of thioether (sulfide) groups is 1. The molecule has 0 atom stereocenters. The molecule has 6 nitrogen and oxygen atoms in total. The highest BCUT2D eigenvalue weighted by Gasteiger charge is 2.25. The predicted octanol–water partition coefficient (Wildman–Crippen LogP) is 4.41. The molecule has 0 unspecified atom stereocenters. The Morgan fingerprint density at radius 3 is 2.62 bits per heavy atom. The predicted molar refractivity (Wildman–Crippen MR) is 133 cm³/mol. The zero-order valence-electron chi connectivity index (χ0n) is 19.0. The topological polar surface area (TPSA) is 59.1 Å². The monoisotopic (exact) mass is 474 g/mol. The van der Waals surface area contributed by atoms with Crippen LogP contribution in [0.15, 0.2) is 71.6 Å². The number of hydrogen-bond donors (Lipinski definition) is 0. The normalized spacial score (nSPS) is 14.0. The zero-order chi connectivity index (χ0) is 23.5. The largest absolute Gasteiger partial charge is 0.486 e. The number of amides is 2. The minimum Gasteiger partial charge on any atom is -0.486 e. The maximum atomic E-state index is 13.3. The number of fused-ring (bicyclic) bond motifs is 2. The van der Waals surface area contributed by atoms with E-state index in [1.54, 1.807) is 11.9 Å². The van der Waals surface area contributed by atoms with Gasteiger partial charge in [0, 0.05) is 30.7 Å². The Labute approximate surface area is 203 Å². The molecule has 0 radical (unpaired) electrons. The number of benzene rings is 3. The number of carbonyl (C=O) groups excluding carboxylic acids is 2. The van der Waals surface area contributed by atoms with Crippen molar-refractivity contribution in [3.05, 3.63) is 83.4 Å². The summed E-state index contributed by atoms with van der Waals surface area (Å²) in [5.74, 6) is 1.70. The zero-order valence-corrected chi connectivity index (χ0v) is 19.8. The Kier molecular flexibility index (Phi) is 6.45. The van der Waals surface area contributed by atoms with Crippen LogP contribution in [0.1, 0.15) is 21.5 Å². The summed E-state index contributed by atoms with van der Waals surface area (Å²) in [5.41, 5.74) is 3.77. The van der Waals surface area contributed by atoms with E-state index in [0.29, 0.717) is 37.6 Å². The summed E-state index contributed by atoms with van der Waals surface area (Å²) in [6, 6.07) is 21.3. The smallest absolute Gasteiger partial charge is 0.255 e. The fraction of sp³-hybridized carbons (Fsp3) is 0.259. The van der Waals surface area contributed by atoms with Gasteiger partial charge in [0.25, 0.3) is 5.91 Å². The van der Waals surface area contributed by atoms with Crippen LogP contribution in [0.3, 0.4) is 0 Å². The molecule has 2 amide bonds. The van der Waals surface area contributed by atoms with Gasteiger partial charge in [-0.2, -0.15) is 0 Å². The number of anilines is 1. The average molecular weight is 475 g/mol. The first-order chi connectivity index (χ1) is 16.6. The molecule has 0 fully saturated rings. The fourth-order valence-electron chi connectivity index (χ4n) is 4.32. The van der Waals surface area contributed by atoms with Gasteiger partial charge < -0.3 is 19.3 Å². The third-order valence-electron chi connectivity index (χ3n) is 6.03. The van der Waals surface area contributed by atoms with Crippen molar-refractivity contribution in [2.24, 2.45) is 0 Å². The van der Waals surface area contributed by atoms with Crippen LogP contribution in [0.5, 0.6) is 11.5 Å². The Balaban J connectivity index is 1.25. The van der Waals surface area contributed by atoms with Gasteiger partial charge in [-0.3, -0.25) is 9.59 Å². The summed E-state index contributed by atoms with van der Waals surface area (Å²) in [4.78, 5) is 30.6. The molecule has 174 valence electrons. The number of carbonyl (C=O) groups is 2. The van der Waals surface area contributed by atoms with E-state index in [1.165, 1.54) is 17.3 Å². The molecule has 0 aliphatic carbocycles. The Morgan fingerprint density at radius 1 is 0.971 bits per heavy atom. The number of nitrogens with zero attached hydrogens (tertiary/aromatic N) is 2. The molecule has 0 spiro atoms. The van der Waals surface area contributed by atoms with E-state index < -0.39 is 0 Å². The van der Waals surface area contributed by atoms with Crippen LogP contribution in [-0.2, 0) is 17.8 Å². The van der Waals surface area contributed by atoms with E-state index in [4.69, 9.17) is 9.47 Å². The lowest BCUT2D eigenvalue weighted by Gasteiger charge is -2.22. The van der Waals surface area contributed by atoms with Gasteiger partial charge in [0.2, 0.25) is 5.91 Å². The highest BCUT2D eigenvalue weighted by atomic mass is 32.2. The molecule has 2 aliphatic heterocycles. The van der Waals surface area contributed by atoms with Gasteiger partial charge >= 0.3 is 0 Å². The lowest BCUT2D eigenvalue weighted by molar-refractivity contribution is -0.116. The number of rotatable bonds is 6. The molecule has 2 aliphatic rings. The molecular formula is C27H26N2O4S. The van der Waals surface area contributed by atoms with Crippen LogP contribution in [0, 0.1) is 0 Å². The van der Waals surface area contributed by atoms with Crippen molar-refractivity contribution in [1.29, 1.82) is 0 Å². The molecule has 7 heteroatoms. The molecule has 34 heavy (non-hydrogen) atoms. The van der Waals surface area contributed by atoms with Crippen LogP contribution in [0.4, 0.5) is 5.69 Å². The highest BCUT2D eigenvalue weighted by molar-refractivity contribution is 8.00. The second kappa shape index (κ2) is 9.81. The first-order valence-electron chi connectivity index (χ1n) is 11.3. The minimum atomic E-state index is -0.0862. The highest BCUT2D eigenvalue weighted by Crippen LogP contribution is 2.32. The molecule has 0 saturated heterocycles. The third kappa shape index (κ3) is 4.61. The Morgan fingerprint density at radius 2 is 1.74 bits per heavy atom. The quantitative estimate of drug-likeness (QED) is 0.496. The molecule has 0 saturated carbocycles. The first kappa shape index (κ1) is 22.3. The van der Waals surface area contributed by atoms with Gasteiger partial charge in [-0.05, 0) is 47.9 Å². The minimum absolute atomic E-state index is 0.0573. The van der Waals surface area contributed by atoms with Crippen LogP contribution in [0.25, 0.3) is 0 Å². The van der Waals surface area contributed by atoms with E-state index in [0.717, 1.165) is 28.3 Å². The lowest BCUT2D eigenvalue weighted by atomic mass is 10.1. The van der Waals surface area contributed by atoms with Gasteiger partial charge in [-0.1, -0.05) is 36.4 Å². The van der Waals surface area contributed by atoms with Crippen LogP contribution in [-0.4, -0.2) is 49.3 Å². The third-order valence-corrected chi connectivity index (χ3v) is 7.09. The maximum absolute atomic E-state index is 13.3. The summed E-state index contributed by atoms with van der Waals surface area (Å²) in [6.45, 7) is 2.22. The first-order valence-corrected chi connectivity index (χ1v) is 12.3. The van der Waals surface area contributed by atoms with E-state index in [1.807, 2.05) is 65.6 Å². The summed E-state index contributed by atoms with van der Waals surface area (Å²) >= 11 is 1.41. The summed E-state index contributed by atoms with van der Waals surface area (Å²) < 4.78 is 11.2. The van der Waals surface area contributed by atoms with E-state index >= 15 is 0 Å². The summed E-state index contributed by atoms with van der Waals surface area (Å²) in [6.07, 6.45) is 0.881. The molecule has 0 aromatic heterocycles. The summed E-state index contributed by atoms with van der Waals surface area (Å²) in [7, 11) is 1.78. The molecule has 5 rings (SSSR count). The standard InChI is InChI=1S/C27H26N2O4S/c1-28(17-19-10-11-23-24(16-19)33-15-14-32-23)27(31)21-7-3-5-9-25(21)34-18-26(30)29-13-12-20-6-2-4-8-22(20)29/h2-11,16H,12-15,17-18H2,1H3.